The average Bonchev–Trinajstić information content (AvgIpc) is 2.99. The molecular weight excluding hydrogens is 308 g/mol. The van der Waals surface area contributed by atoms with Gasteiger partial charge >= 0.3 is 6.03 Å². The Kier molecular flexibility index (Phi) is 3.81. The Labute approximate surface area is 138 Å². The molecule has 0 bridgehead atoms. The zero-order chi connectivity index (χ0) is 17.4. The minimum Gasteiger partial charge on any atom is -0.465 e. The number of urea groups is 1. The van der Waals surface area contributed by atoms with Gasteiger partial charge in [-0.2, -0.15) is 0 Å². The molecular formula is C18H16N2O4. The summed E-state index contributed by atoms with van der Waals surface area (Å²) >= 11 is 0. The molecule has 1 N–H and O–H groups in total. The second kappa shape index (κ2) is 5.81. The minimum absolute atomic E-state index is 0.149. The number of amides is 4. The van der Waals surface area contributed by atoms with Gasteiger partial charge in [-0.15, -0.1) is 0 Å². The number of hydrogen-bond acceptors (Lipinski definition) is 4. The van der Waals surface area contributed by atoms with Crippen molar-refractivity contribution in [1.82, 2.24) is 5.32 Å². The highest BCUT2D eigenvalue weighted by Gasteiger charge is 2.38. The largest absolute Gasteiger partial charge is 0.465 e. The van der Waals surface area contributed by atoms with Gasteiger partial charge in [-0.1, -0.05) is 17.7 Å². The number of benzene rings is 1. The maximum absolute atomic E-state index is 12.8. The smallest absolute Gasteiger partial charge is 0.335 e. The molecule has 0 radical (unpaired) electrons. The fourth-order valence-electron chi connectivity index (χ4n) is 2.90. The van der Waals surface area contributed by atoms with E-state index in [1.54, 1.807) is 12.1 Å². The van der Waals surface area contributed by atoms with E-state index in [0.29, 0.717) is 11.4 Å². The van der Waals surface area contributed by atoms with E-state index >= 15 is 0 Å². The third-order valence-corrected chi connectivity index (χ3v) is 3.79. The van der Waals surface area contributed by atoms with Gasteiger partial charge in [0.05, 0.1) is 12.0 Å². The second-order valence-electron chi connectivity index (χ2n) is 5.72. The molecule has 4 amide bonds. The number of rotatable bonds is 2. The number of aryl methyl sites for hydroxylation is 3. The molecule has 0 atom stereocenters. The van der Waals surface area contributed by atoms with Crippen molar-refractivity contribution in [3.05, 3.63) is 58.6 Å². The summed E-state index contributed by atoms with van der Waals surface area (Å²) in [5.41, 5.74) is 2.93. The quantitative estimate of drug-likeness (QED) is 0.680. The van der Waals surface area contributed by atoms with Gasteiger partial charge in [0.1, 0.15) is 11.3 Å². The molecule has 6 nitrogen and oxygen atoms in total. The zero-order valence-electron chi connectivity index (χ0n) is 13.5. The van der Waals surface area contributed by atoms with E-state index in [0.717, 1.165) is 21.6 Å². The lowest BCUT2D eigenvalue weighted by molar-refractivity contribution is -0.122. The summed E-state index contributed by atoms with van der Waals surface area (Å²) in [7, 11) is 0. The van der Waals surface area contributed by atoms with Gasteiger partial charge in [0.15, 0.2) is 0 Å². The van der Waals surface area contributed by atoms with E-state index in [1.807, 2.05) is 32.9 Å². The van der Waals surface area contributed by atoms with Gasteiger partial charge < -0.3 is 4.42 Å². The summed E-state index contributed by atoms with van der Waals surface area (Å²) in [5, 5.41) is 2.21. The molecule has 24 heavy (non-hydrogen) atoms. The molecule has 0 spiro atoms. The van der Waals surface area contributed by atoms with Crippen LogP contribution in [0.1, 0.15) is 22.5 Å². The van der Waals surface area contributed by atoms with Crippen molar-refractivity contribution >= 4 is 29.6 Å². The molecule has 1 fully saturated rings. The highest BCUT2D eigenvalue weighted by molar-refractivity contribution is 6.39. The minimum atomic E-state index is -0.753. The number of nitrogens with one attached hydrogen (secondary N) is 1. The summed E-state index contributed by atoms with van der Waals surface area (Å²) < 4.78 is 5.15. The van der Waals surface area contributed by atoms with Crippen LogP contribution in [-0.4, -0.2) is 17.8 Å². The first-order valence-corrected chi connectivity index (χ1v) is 7.41. The summed E-state index contributed by atoms with van der Waals surface area (Å²) in [6.45, 7) is 5.58. The monoisotopic (exact) mass is 324 g/mol. The lowest BCUT2D eigenvalue weighted by Crippen LogP contribution is -2.54. The summed E-state index contributed by atoms with van der Waals surface area (Å²) in [5.74, 6) is -1.05. The van der Waals surface area contributed by atoms with Gasteiger partial charge in [0.2, 0.25) is 0 Å². The standard InChI is InChI=1S/C18H16N2O4/c1-10-7-11(2)15(12(3)8-10)20-17(22)14(16(21)19-18(20)23)9-13-5-4-6-24-13/h4-9H,1-3H3,(H,19,21,23)/b14-9-. The Balaban J connectivity index is 2.10. The topological polar surface area (TPSA) is 79.6 Å². The fourth-order valence-corrected chi connectivity index (χ4v) is 2.90. The van der Waals surface area contributed by atoms with E-state index in [1.165, 1.54) is 12.3 Å². The van der Waals surface area contributed by atoms with E-state index < -0.39 is 17.8 Å². The van der Waals surface area contributed by atoms with Crippen LogP contribution in [0.15, 0.2) is 40.5 Å². The van der Waals surface area contributed by atoms with Crippen LogP contribution < -0.4 is 10.2 Å². The molecule has 2 heterocycles. The molecule has 122 valence electrons. The zero-order valence-corrected chi connectivity index (χ0v) is 13.5. The Morgan fingerprint density at radius 1 is 1.08 bits per heavy atom. The van der Waals surface area contributed by atoms with Crippen LogP contribution in [0.4, 0.5) is 10.5 Å². The van der Waals surface area contributed by atoms with Crippen LogP contribution in [0.5, 0.6) is 0 Å². The molecule has 1 aromatic heterocycles. The van der Waals surface area contributed by atoms with Crippen LogP contribution in [0.3, 0.4) is 0 Å². The Morgan fingerprint density at radius 2 is 1.75 bits per heavy atom. The Hall–Kier alpha value is -3.15. The molecule has 1 saturated heterocycles. The van der Waals surface area contributed by atoms with Crippen molar-refractivity contribution in [2.75, 3.05) is 4.90 Å². The first-order valence-electron chi connectivity index (χ1n) is 7.41. The SMILES string of the molecule is Cc1cc(C)c(N2C(=O)NC(=O)/C(=C/c3ccco3)C2=O)c(C)c1. The van der Waals surface area contributed by atoms with E-state index in [9.17, 15) is 14.4 Å². The Bertz CT molecular complexity index is 855. The number of carbonyl (C=O) groups excluding carboxylic acids is 3. The van der Waals surface area contributed by atoms with Gasteiger partial charge in [0, 0.05) is 0 Å². The van der Waals surface area contributed by atoms with E-state index in [4.69, 9.17) is 4.42 Å². The Morgan fingerprint density at radius 3 is 2.33 bits per heavy atom. The number of furan rings is 1. The van der Waals surface area contributed by atoms with Crippen LogP contribution in [0.25, 0.3) is 6.08 Å². The van der Waals surface area contributed by atoms with Gasteiger partial charge in [0.25, 0.3) is 11.8 Å². The fraction of sp³-hybridized carbons (Fsp3) is 0.167. The molecule has 3 rings (SSSR count). The predicted octanol–water partition coefficient (Wildman–Crippen LogP) is 2.87. The first-order chi connectivity index (χ1) is 11.4. The van der Waals surface area contributed by atoms with Crippen molar-refractivity contribution in [1.29, 1.82) is 0 Å². The molecule has 1 aliphatic rings. The van der Waals surface area contributed by atoms with Crippen molar-refractivity contribution in [3.63, 3.8) is 0 Å². The molecule has 0 saturated carbocycles. The van der Waals surface area contributed by atoms with Crippen LogP contribution in [0.2, 0.25) is 0 Å². The third-order valence-electron chi connectivity index (χ3n) is 3.79. The third kappa shape index (κ3) is 2.62. The number of imide groups is 2. The number of hydrogen-bond donors (Lipinski definition) is 1. The summed E-state index contributed by atoms with van der Waals surface area (Å²) in [4.78, 5) is 38.1. The molecule has 0 aliphatic carbocycles. The summed E-state index contributed by atoms with van der Waals surface area (Å²) in [6.07, 6.45) is 2.77. The summed E-state index contributed by atoms with van der Waals surface area (Å²) in [6, 6.07) is 6.28. The van der Waals surface area contributed by atoms with Crippen molar-refractivity contribution in [2.24, 2.45) is 0 Å². The van der Waals surface area contributed by atoms with Gasteiger partial charge in [-0.3, -0.25) is 14.9 Å². The van der Waals surface area contributed by atoms with Gasteiger partial charge in [-0.25, -0.2) is 9.69 Å². The van der Waals surface area contributed by atoms with E-state index in [2.05, 4.69) is 5.32 Å². The van der Waals surface area contributed by atoms with Crippen LogP contribution in [-0.2, 0) is 9.59 Å². The lowest BCUT2D eigenvalue weighted by atomic mass is 10.0. The molecule has 1 aromatic carbocycles. The number of carbonyl (C=O) groups is 3. The molecule has 6 heteroatoms. The molecule has 2 aromatic rings. The first kappa shape index (κ1) is 15.7. The van der Waals surface area contributed by atoms with Crippen LogP contribution in [0, 0.1) is 20.8 Å². The maximum Gasteiger partial charge on any atom is 0.335 e. The predicted molar refractivity (Wildman–Crippen MR) is 88.4 cm³/mol. The average molecular weight is 324 g/mol. The number of nitrogens with zero attached hydrogens (tertiary/aromatic N) is 1. The van der Waals surface area contributed by atoms with Gasteiger partial charge in [-0.05, 0) is 50.1 Å². The van der Waals surface area contributed by atoms with Crippen molar-refractivity contribution in [2.45, 2.75) is 20.8 Å². The molecule has 1 aliphatic heterocycles. The normalized spacial score (nSPS) is 16.7. The second-order valence-corrected chi connectivity index (χ2v) is 5.72. The number of anilines is 1. The highest BCUT2D eigenvalue weighted by Crippen LogP contribution is 2.29. The van der Waals surface area contributed by atoms with Crippen LogP contribution >= 0.6 is 0 Å². The highest BCUT2D eigenvalue weighted by atomic mass is 16.3. The lowest BCUT2D eigenvalue weighted by Gasteiger charge is -2.29. The maximum atomic E-state index is 12.8. The van der Waals surface area contributed by atoms with Crippen molar-refractivity contribution in [3.8, 4) is 0 Å². The van der Waals surface area contributed by atoms with Crippen molar-refractivity contribution < 1.29 is 18.8 Å². The molecule has 0 unspecified atom stereocenters. The van der Waals surface area contributed by atoms with E-state index in [-0.39, 0.29) is 5.57 Å². The number of barbiturate groups is 1.